The molecule has 0 radical (unpaired) electrons. The van der Waals surface area contributed by atoms with Crippen LogP contribution in [-0.4, -0.2) is 16.8 Å². The van der Waals surface area contributed by atoms with Crippen LogP contribution in [0.25, 0.3) is 0 Å². The number of phenols is 1. The maximum atomic E-state index is 12.5. The van der Waals surface area contributed by atoms with Crippen molar-refractivity contribution in [3.05, 3.63) is 28.8 Å². The molecule has 7 heteroatoms. The van der Waals surface area contributed by atoms with E-state index >= 15 is 0 Å². The van der Waals surface area contributed by atoms with Crippen LogP contribution in [-0.2, 0) is 6.18 Å². The summed E-state index contributed by atoms with van der Waals surface area (Å²) in [5.41, 5.74) is -2.40. The molecule has 0 amide bonds. The SMILES string of the molecule is N#Cc1cc(C(=O)CCl)cc(C(F)(F)F)c1O. The van der Waals surface area contributed by atoms with Crippen LogP contribution in [0.4, 0.5) is 13.2 Å². The number of hydrogen-bond acceptors (Lipinski definition) is 3. The Labute approximate surface area is 99.0 Å². The molecule has 0 saturated heterocycles. The van der Waals surface area contributed by atoms with Crippen LogP contribution in [0.3, 0.4) is 0 Å². The van der Waals surface area contributed by atoms with Crippen molar-refractivity contribution >= 4 is 17.4 Å². The molecule has 0 aromatic heterocycles. The summed E-state index contributed by atoms with van der Waals surface area (Å²) in [5.74, 6) is -2.45. The Bertz CT molecular complexity index is 505. The number of Topliss-reactive ketones (excluding diaryl/α,β-unsaturated/α-hetero) is 1. The predicted octanol–water partition coefficient (Wildman–Crippen LogP) is 2.70. The van der Waals surface area contributed by atoms with Crippen LogP contribution >= 0.6 is 11.6 Å². The Morgan fingerprint density at radius 2 is 2.06 bits per heavy atom. The topological polar surface area (TPSA) is 61.1 Å². The van der Waals surface area contributed by atoms with Crippen molar-refractivity contribution in [2.45, 2.75) is 6.18 Å². The molecule has 3 nitrogen and oxygen atoms in total. The third kappa shape index (κ3) is 2.68. The van der Waals surface area contributed by atoms with E-state index in [1.807, 2.05) is 0 Å². The van der Waals surface area contributed by atoms with Crippen molar-refractivity contribution < 1.29 is 23.1 Å². The van der Waals surface area contributed by atoms with Gasteiger partial charge in [-0.3, -0.25) is 4.79 Å². The van der Waals surface area contributed by atoms with Gasteiger partial charge in [-0.1, -0.05) is 0 Å². The largest absolute Gasteiger partial charge is 0.506 e. The summed E-state index contributed by atoms with van der Waals surface area (Å²) in [7, 11) is 0. The van der Waals surface area contributed by atoms with Crippen LogP contribution in [0.5, 0.6) is 5.75 Å². The highest BCUT2D eigenvalue weighted by Gasteiger charge is 2.36. The van der Waals surface area contributed by atoms with Gasteiger partial charge in [0, 0.05) is 5.56 Å². The van der Waals surface area contributed by atoms with Crippen LogP contribution in [0.1, 0.15) is 21.5 Å². The van der Waals surface area contributed by atoms with E-state index in [1.165, 1.54) is 6.07 Å². The highest BCUT2D eigenvalue weighted by Crippen LogP contribution is 2.38. The van der Waals surface area contributed by atoms with Crippen molar-refractivity contribution in [2.24, 2.45) is 0 Å². The Balaban J connectivity index is 3.51. The lowest BCUT2D eigenvalue weighted by atomic mass is 10.0. The molecule has 17 heavy (non-hydrogen) atoms. The van der Waals surface area contributed by atoms with Gasteiger partial charge in [0.05, 0.1) is 17.0 Å². The first-order chi connectivity index (χ1) is 7.81. The van der Waals surface area contributed by atoms with Crippen molar-refractivity contribution in [3.8, 4) is 11.8 Å². The lowest BCUT2D eigenvalue weighted by Gasteiger charge is -2.11. The Hall–Kier alpha value is -1.74. The predicted molar refractivity (Wildman–Crippen MR) is 52.9 cm³/mol. The minimum Gasteiger partial charge on any atom is -0.506 e. The quantitative estimate of drug-likeness (QED) is 0.659. The lowest BCUT2D eigenvalue weighted by Crippen LogP contribution is -2.10. The summed E-state index contributed by atoms with van der Waals surface area (Å²) < 4.78 is 37.5. The van der Waals surface area contributed by atoms with Crippen LogP contribution in [0.2, 0.25) is 0 Å². The standard InChI is InChI=1S/C10H5ClF3NO2/c11-3-8(16)5-1-6(4-15)9(17)7(2-5)10(12,13)14/h1-2,17H,3H2. The zero-order valence-corrected chi connectivity index (χ0v) is 8.93. The first-order valence-electron chi connectivity index (χ1n) is 4.24. The first kappa shape index (κ1) is 13.3. The Morgan fingerprint density at radius 1 is 1.47 bits per heavy atom. The van der Waals surface area contributed by atoms with Crippen molar-refractivity contribution in [1.29, 1.82) is 5.26 Å². The molecular formula is C10H5ClF3NO2. The molecule has 0 aliphatic carbocycles. The van der Waals surface area contributed by atoms with E-state index in [4.69, 9.17) is 16.9 Å². The number of benzene rings is 1. The number of rotatable bonds is 2. The van der Waals surface area contributed by atoms with E-state index in [1.54, 1.807) is 0 Å². The van der Waals surface area contributed by atoms with E-state index in [-0.39, 0.29) is 5.56 Å². The van der Waals surface area contributed by atoms with E-state index in [2.05, 4.69) is 0 Å². The average molecular weight is 264 g/mol. The molecule has 1 aromatic carbocycles. The van der Waals surface area contributed by atoms with Crippen molar-refractivity contribution in [2.75, 3.05) is 5.88 Å². The summed E-state index contributed by atoms with van der Waals surface area (Å²) in [6.07, 6.45) is -4.85. The minimum atomic E-state index is -4.85. The molecule has 1 aromatic rings. The molecule has 0 bridgehead atoms. The third-order valence-corrected chi connectivity index (χ3v) is 2.22. The number of ketones is 1. The second-order valence-electron chi connectivity index (χ2n) is 3.09. The van der Waals surface area contributed by atoms with Crippen LogP contribution in [0.15, 0.2) is 12.1 Å². The molecule has 0 atom stereocenters. The zero-order chi connectivity index (χ0) is 13.2. The summed E-state index contributed by atoms with van der Waals surface area (Å²) in [5, 5.41) is 17.8. The number of alkyl halides is 4. The summed E-state index contributed by atoms with van der Waals surface area (Å²) in [6, 6.07) is 2.73. The minimum absolute atomic E-state index is 0.360. The van der Waals surface area contributed by atoms with Gasteiger partial charge in [-0.05, 0) is 12.1 Å². The van der Waals surface area contributed by atoms with E-state index < -0.39 is 34.7 Å². The Kier molecular flexibility index (Phi) is 3.63. The number of phenolic OH excluding ortho intramolecular Hbond substituents is 1. The zero-order valence-electron chi connectivity index (χ0n) is 8.18. The lowest BCUT2D eigenvalue weighted by molar-refractivity contribution is -0.138. The number of halogens is 4. The van der Waals surface area contributed by atoms with E-state index in [0.717, 1.165) is 6.07 Å². The molecule has 0 spiro atoms. The average Bonchev–Trinajstić information content (AvgIpc) is 2.26. The fraction of sp³-hybridized carbons (Fsp3) is 0.200. The second-order valence-corrected chi connectivity index (χ2v) is 3.35. The first-order valence-corrected chi connectivity index (χ1v) is 4.78. The fourth-order valence-corrected chi connectivity index (χ4v) is 1.33. The van der Waals surface area contributed by atoms with E-state index in [9.17, 15) is 23.1 Å². The highest BCUT2D eigenvalue weighted by molar-refractivity contribution is 6.30. The summed E-state index contributed by atoms with van der Waals surface area (Å²) >= 11 is 5.21. The van der Waals surface area contributed by atoms with Gasteiger partial charge >= 0.3 is 6.18 Å². The monoisotopic (exact) mass is 263 g/mol. The fourth-order valence-electron chi connectivity index (χ4n) is 1.17. The molecule has 1 N–H and O–H groups in total. The molecule has 0 aliphatic heterocycles. The Morgan fingerprint density at radius 3 is 2.47 bits per heavy atom. The van der Waals surface area contributed by atoms with Crippen molar-refractivity contribution in [3.63, 3.8) is 0 Å². The molecule has 0 saturated carbocycles. The molecular weight excluding hydrogens is 259 g/mol. The molecule has 0 fully saturated rings. The van der Waals surface area contributed by atoms with Crippen LogP contribution < -0.4 is 0 Å². The third-order valence-electron chi connectivity index (χ3n) is 1.98. The van der Waals surface area contributed by atoms with Gasteiger partial charge in [-0.2, -0.15) is 18.4 Å². The molecule has 0 aliphatic rings. The molecule has 0 unspecified atom stereocenters. The van der Waals surface area contributed by atoms with Gasteiger partial charge in [-0.25, -0.2) is 0 Å². The van der Waals surface area contributed by atoms with Gasteiger partial charge in [0.2, 0.25) is 0 Å². The maximum Gasteiger partial charge on any atom is 0.420 e. The maximum absolute atomic E-state index is 12.5. The summed E-state index contributed by atoms with van der Waals surface area (Å²) in [6.45, 7) is 0. The molecule has 90 valence electrons. The number of nitrogens with zero attached hydrogens (tertiary/aromatic N) is 1. The number of aromatic hydroxyl groups is 1. The number of carbonyl (C=O) groups excluding carboxylic acids is 1. The molecule has 1 rings (SSSR count). The smallest absolute Gasteiger partial charge is 0.420 e. The van der Waals surface area contributed by atoms with Gasteiger partial charge in [0.25, 0.3) is 0 Å². The number of nitriles is 1. The number of hydrogen-bond donors (Lipinski definition) is 1. The summed E-state index contributed by atoms with van der Waals surface area (Å²) in [4.78, 5) is 11.2. The van der Waals surface area contributed by atoms with Crippen molar-refractivity contribution in [1.82, 2.24) is 0 Å². The number of carbonyl (C=O) groups is 1. The normalized spacial score (nSPS) is 11.0. The van der Waals surface area contributed by atoms with Gasteiger partial charge in [0.1, 0.15) is 11.8 Å². The van der Waals surface area contributed by atoms with Gasteiger partial charge in [0.15, 0.2) is 5.78 Å². The van der Waals surface area contributed by atoms with Crippen LogP contribution in [0, 0.1) is 11.3 Å². The molecule has 0 heterocycles. The van der Waals surface area contributed by atoms with Gasteiger partial charge in [-0.15, -0.1) is 11.6 Å². The highest BCUT2D eigenvalue weighted by atomic mass is 35.5. The van der Waals surface area contributed by atoms with E-state index in [0.29, 0.717) is 6.07 Å². The van der Waals surface area contributed by atoms with Gasteiger partial charge < -0.3 is 5.11 Å². The second kappa shape index (κ2) is 4.63.